The SMILES string of the molecule is CN(C)B(I)I. The van der Waals surface area contributed by atoms with E-state index in [1.807, 2.05) is 0 Å². The molecule has 6 heavy (non-hydrogen) atoms. The summed E-state index contributed by atoms with van der Waals surface area (Å²) in [5.41, 5.74) is 0. The van der Waals surface area contributed by atoms with Crippen LogP contribution in [0.3, 0.4) is 0 Å². The van der Waals surface area contributed by atoms with E-state index in [4.69, 9.17) is 0 Å². The van der Waals surface area contributed by atoms with Crippen LogP contribution in [0.25, 0.3) is 0 Å². The predicted octanol–water partition coefficient (Wildman–Crippen LogP) is 1.40. The molecular formula is C2H6BI2N. The van der Waals surface area contributed by atoms with Crippen LogP contribution in [0.1, 0.15) is 0 Å². The Balaban J connectivity index is 2.99. The molecule has 0 bridgehead atoms. The minimum atomic E-state index is 0.625. The van der Waals surface area contributed by atoms with Crippen LogP contribution in [0.2, 0.25) is 0 Å². The maximum atomic E-state index is 2.35. The van der Waals surface area contributed by atoms with Crippen molar-refractivity contribution in [3.63, 3.8) is 0 Å². The van der Waals surface area contributed by atoms with E-state index >= 15 is 0 Å². The Bertz CT molecular complexity index is 32.5. The summed E-state index contributed by atoms with van der Waals surface area (Å²) >= 11 is 4.69. The summed E-state index contributed by atoms with van der Waals surface area (Å²) in [6.45, 7) is 0. The minimum Gasteiger partial charge on any atom is -0.330 e. The fourth-order valence-corrected chi connectivity index (χ4v) is 0. The molecule has 0 aromatic rings. The molecule has 0 aromatic heterocycles. The molecule has 0 aliphatic heterocycles. The van der Waals surface area contributed by atoms with E-state index in [0.717, 1.165) is 0 Å². The third-order valence-corrected chi connectivity index (χ3v) is 2.62. The average Bonchev–Trinajstić information content (AvgIpc) is 1.36. The summed E-state index contributed by atoms with van der Waals surface area (Å²) < 4.78 is 0.625. The van der Waals surface area contributed by atoms with Crippen molar-refractivity contribution in [1.29, 1.82) is 0 Å². The molecule has 0 saturated carbocycles. The highest BCUT2D eigenvalue weighted by atomic mass is 127. The molecule has 0 heterocycles. The van der Waals surface area contributed by atoms with Crippen molar-refractivity contribution < 1.29 is 0 Å². The van der Waals surface area contributed by atoms with E-state index in [2.05, 4.69) is 63.7 Å². The van der Waals surface area contributed by atoms with Crippen LogP contribution in [0.5, 0.6) is 0 Å². The number of hydrogen-bond donors (Lipinski definition) is 0. The van der Waals surface area contributed by atoms with E-state index in [9.17, 15) is 0 Å². The summed E-state index contributed by atoms with van der Waals surface area (Å²) in [5, 5.41) is 0. The first-order valence-electron chi connectivity index (χ1n) is 1.59. The van der Waals surface area contributed by atoms with Gasteiger partial charge in [-0.3, -0.25) is 0 Å². The summed E-state index contributed by atoms with van der Waals surface area (Å²) in [4.78, 5) is 2.14. The topological polar surface area (TPSA) is 3.24 Å². The Hall–Kier alpha value is 1.48. The third-order valence-electron chi connectivity index (χ3n) is 0.390. The fraction of sp³-hybridized carbons (Fsp3) is 1.00. The lowest BCUT2D eigenvalue weighted by atomic mass is 10.4. The Morgan fingerprint density at radius 3 is 1.50 bits per heavy atom. The van der Waals surface area contributed by atoms with Gasteiger partial charge in [0.05, 0.1) is 0 Å². The van der Waals surface area contributed by atoms with Crippen molar-refractivity contribution in [3.05, 3.63) is 0 Å². The molecule has 0 aromatic carbocycles. The summed E-state index contributed by atoms with van der Waals surface area (Å²) in [5.74, 6) is 0. The second-order valence-electron chi connectivity index (χ2n) is 1.24. The monoisotopic (exact) mass is 309 g/mol. The predicted molar refractivity (Wildman–Crippen MR) is 47.5 cm³/mol. The molecule has 0 aliphatic carbocycles. The van der Waals surface area contributed by atoms with Gasteiger partial charge >= 0.3 is 2.56 Å². The number of rotatable bonds is 1. The van der Waals surface area contributed by atoms with Crippen molar-refractivity contribution in [2.45, 2.75) is 0 Å². The molecule has 0 atom stereocenters. The molecule has 0 amide bonds. The first-order chi connectivity index (χ1) is 2.64. The van der Waals surface area contributed by atoms with E-state index in [1.165, 1.54) is 0 Å². The Kier molecular flexibility index (Phi) is 4.34. The highest BCUT2D eigenvalue weighted by molar-refractivity contribution is 14.3. The molecule has 0 rings (SSSR count). The second kappa shape index (κ2) is 3.48. The molecule has 1 nitrogen and oxygen atoms in total. The fourth-order valence-electron chi connectivity index (χ4n) is 0. The van der Waals surface area contributed by atoms with Gasteiger partial charge in [0.1, 0.15) is 0 Å². The van der Waals surface area contributed by atoms with Crippen LogP contribution in [0.15, 0.2) is 0 Å². The lowest BCUT2D eigenvalue weighted by molar-refractivity contribution is 0.675. The zero-order chi connectivity index (χ0) is 5.15. The van der Waals surface area contributed by atoms with Crippen LogP contribution in [0.4, 0.5) is 0 Å². The Morgan fingerprint density at radius 2 is 1.50 bits per heavy atom. The largest absolute Gasteiger partial charge is 0.368 e. The lowest BCUT2D eigenvalue weighted by Crippen LogP contribution is -2.19. The van der Waals surface area contributed by atoms with Crippen molar-refractivity contribution in [1.82, 2.24) is 4.81 Å². The van der Waals surface area contributed by atoms with E-state index in [1.54, 1.807) is 0 Å². The summed E-state index contributed by atoms with van der Waals surface area (Å²) in [7, 11) is 4.12. The van der Waals surface area contributed by atoms with Gasteiger partial charge < -0.3 is 4.81 Å². The quantitative estimate of drug-likeness (QED) is 0.523. The van der Waals surface area contributed by atoms with Crippen LogP contribution < -0.4 is 0 Å². The van der Waals surface area contributed by atoms with Crippen LogP contribution in [-0.2, 0) is 0 Å². The maximum absolute atomic E-state index is 2.35. The van der Waals surface area contributed by atoms with Gasteiger partial charge in [-0.2, -0.15) is 0 Å². The zero-order valence-corrected chi connectivity index (χ0v) is 8.10. The standard InChI is InChI=1S/C2H6BI2N/c1-6(2)3(4)5/h1-2H3. The van der Waals surface area contributed by atoms with Gasteiger partial charge in [0.2, 0.25) is 0 Å². The van der Waals surface area contributed by atoms with Crippen molar-refractivity contribution >= 4 is 47.3 Å². The van der Waals surface area contributed by atoms with E-state index in [-0.39, 0.29) is 0 Å². The van der Waals surface area contributed by atoms with Crippen molar-refractivity contribution in [3.8, 4) is 0 Å². The Morgan fingerprint density at radius 1 is 1.33 bits per heavy atom. The molecule has 0 N–H and O–H groups in total. The molecular weight excluding hydrogens is 303 g/mol. The number of nitrogens with zero attached hydrogens (tertiary/aromatic N) is 1. The van der Waals surface area contributed by atoms with Gasteiger partial charge in [0.25, 0.3) is 0 Å². The van der Waals surface area contributed by atoms with Gasteiger partial charge in [-0.05, 0) is 14.1 Å². The van der Waals surface area contributed by atoms with E-state index < -0.39 is 0 Å². The molecule has 0 aliphatic rings. The normalized spacial score (nSPS) is 9.50. The van der Waals surface area contributed by atoms with Gasteiger partial charge in [0.15, 0.2) is 0 Å². The van der Waals surface area contributed by atoms with Crippen LogP contribution in [-0.4, -0.2) is 21.5 Å². The molecule has 0 spiro atoms. The number of hydrogen-bond acceptors (Lipinski definition) is 1. The molecule has 0 radical (unpaired) electrons. The lowest BCUT2D eigenvalue weighted by Gasteiger charge is -2.04. The smallest absolute Gasteiger partial charge is 0.330 e. The number of halogens is 2. The first kappa shape index (κ1) is 7.48. The summed E-state index contributed by atoms with van der Waals surface area (Å²) in [6.07, 6.45) is 0. The minimum absolute atomic E-state index is 0.625. The highest BCUT2D eigenvalue weighted by Gasteiger charge is 2.03. The second-order valence-corrected chi connectivity index (χ2v) is 5.98. The van der Waals surface area contributed by atoms with Crippen LogP contribution in [0, 0.1) is 0 Å². The van der Waals surface area contributed by atoms with Gasteiger partial charge in [0, 0.05) is 0 Å². The molecule has 4 heteroatoms. The van der Waals surface area contributed by atoms with E-state index in [0.29, 0.717) is 2.56 Å². The molecule has 0 fully saturated rings. The highest BCUT2D eigenvalue weighted by Crippen LogP contribution is 2.04. The molecule has 0 unspecified atom stereocenters. The Labute approximate surface area is 65.7 Å². The van der Waals surface area contributed by atoms with Gasteiger partial charge in [-0.1, -0.05) is 0 Å². The molecule has 0 saturated heterocycles. The van der Waals surface area contributed by atoms with Gasteiger partial charge in [-0.15, -0.1) is 44.7 Å². The first-order valence-corrected chi connectivity index (χ1v) is 4.08. The maximum Gasteiger partial charge on any atom is 0.368 e. The van der Waals surface area contributed by atoms with Crippen LogP contribution >= 0.6 is 44.7 Å². The molecule has 36 valence electrons. The summed E-state index contributed by atoms with van der Waals surface area (Å²) in [6, 6.07) is 0. The zero-order valence-electron chi connectivity index (χ0n) is 3.78. The van der Waals surface area contributed by atoms with Gasteiger partial charge in [-0.25, -0.2) is 0 Å². The van der Waals surface area contributed by atoms with Crippen molar-refractivity contribution in [2.75, 3.05) is 14.1 Å². The van der Waals surface area contributed by atoms with Crippen molar-refractivity contribution in [2.24, 2.45) is 0 Å². The average molecular weight is 309 g/mol. The third kappa shape index (κ3) is 3.67.